The topological polar surface area (TPSA) is 78.9 Å². The van der Waals surface area contributed by atoms with Crippen LogP contribution in [0.2, 0.25) is 0 Å². The van der Waals surface area contributed by atoms with E-state index in [-0.39, 0.29) is 0 Å². The van der Waals surface area contributed by atoms with Gasteiger partial charge in [0.25, 0.3) is 0 Å². The predicted octanol–water partition coefficient (Wildman–Crippen LogP) is 1.90. The van der Waals surface area contributed by atoms with Crippen molar-refractivity contribution in [3.05, 3.63) is 23.8 Å². The molecule has 2 rings (SSSR count). The smallest absolute Gasteiger partial charge is 0.182 e. The van der Waals surface area contributed by atoms with Gasteiger partial charge >= 0.3 is 0 Å². The van der Waals surface area contributed by atoms with Crippen LogP contribution in [0.4, 0.5) is 5.69 Å². The molecule has 1 aromatic carbocycles. The summed E-state index contributed by atoms with van der Waals surface area (Å²) in [5.41, 5.74) is 8.60. The second kappa shape index (κ2) is 6.47. The van der Waals surface area contributed by atoms with Gasteiger partial charge in [-0.2, -0.15) is 0 Å². The zero-order valence-electron chi connectivity index (χ0n) is 12.2. The lowest BCUT2D eigenvalue weighted by molar-refractivity contribution is 0.101. The van der Waals surface area contributed by atoms with Gasteiger partial charge in [-0.05, 0) is 47.0 Å². The van der Waals surface area contributed by atoms with Gasteiger partial charge in [-0.25, -0.2) is 4.68 Å². The summed E-state index contributed by atoms with van der Waals surface area (Å²) in [5, 5.41) is 11.8. The first-order valence-corrected chi connectivity index (χ1v) is 6.77. The summed E-state index contributed by atoms with van der Waals surface area (Å²) in [5.74, 6) is 1.24. The molecule has 0 aliphatic rings. The average Bonchev–Trinajstić information content (AvgIpc) is 2.81. The van der Waals surface area contributed by atoms with Gasteiger partial charge in [-0.1, -0.05) is 13.8 Å². The van der Waals surface area contributed by atoms with Crippen molar-refractivity contribution in [1.29, 1.82) is 0 Å². The molecule has 2 aromatic rings. The average molecular weight is 275 g/mol. The van der Waals surface area contributed by atoms with E-state index in [1.165, 1.54) is 0 Å². The third-order valence-corrected chi connectivity index (χ3v) is 2.79. The third kappa shape index (κ3) is 3.77. The minimum atomic E-state index is 0.528. The van der Waals surface area contributed by atoms with Gasteiger partial charge in [-0.15, -0.1) is 5.10 Å². The zero-order valence-corrected chi connectivity index (χ0v) is 12.2. The first-order chi connectivity index (χ1) is 9.56. The van der Waals surface area contributed by atoms with E-state index >= 15 is 0 Å². The lowest BCUT2D eigenvalue weighted by Crippen LogP contribution is -2.11. The molecule has 6 heteroatoms. The fourth-order valence-corrected chi connectivity index (χ4v) is 1.97. The molecule has 0 saturated carbocycles. The fraction of sp³-hybridized carbons (Fsp3) is 0.500. The van der Waals surface area contributed by atoms with E-state index in [9.17, 15) is 0 Å². The number of rotatable bonds is 6. The molecule has 0 spiro atoms. The SMILES string of the molecule is Cc1cc(N)cc(-c2nnnn2CCOCC(C)C)c1. The summed E-state index contributed by atoms with van der Waals surface area (Å²) >= 11 is 0. The van der Waals surface area contributed by atoms with Gasteiger partial charge in [0, 0.05) is 17.9 Å². The molecule has 0 bridgehead atoms. The van der Waals surface area contributed by atoms with E-state index in [1.54, 1.807) is 4.68 Å². The Bertz CT molecular complexity index is 544. The number of benzene rings is 1. The maximum absolute atomic E-state index is 5.87. The first-order valence-electron chi connectivity index (χ1n) is 6.77. The predicted molar refractivity (Wildman–Crippen MR) is 78.1 cm³/mol. The van der Waals surface area contributed by atoms with Gasteiger partial charge in [-0.3, -0.25) is 0 Å². The van der Waals surface area contributed by atoms with Crippen molar-refractivity contribution < 1.29 is 4.74 Å². The van der Waals surface area contributed by atoms with E-state index in [0.29, 0.717) is 30.6 Å². The highest BCUT2D eigenvalue weighted by atomic mass is 16.5. The molecule has 108 valence electrons. The molecular weight excluding hydrogens is 254 g/mol. The summed E-state index contributed by atoms with van der Waals surface area (Å²) in [6, 6.07) is 5.82. The van der Waals surface area contributed by atoms with Crippen LogP contribution in [0.5, 0.6) is 0 Å². The van der Waals surface area contributed by atoms with Crippen LogP contribution in [0.15, 0.2) is 18.2 Å². The molecule has 0 saturated heterocycles. The molecule has 0 aliphatic carbocycles. The highest BCUT2D eigenvalue weighted by molar-refractivity contribution is 5.62. The van der Waals surface area contributed by atoms with E-state index in [1.807, 2.05) is 25.1 Å². The number of nitrogen functional groups attached to an aromatic ring is 1. The number of hydrogen-bond donors (Lipinski definition) is 1. The van der Waals surface area contributed by atoms with Crippen molar-refractivity contribution in [2.75, 3.05) is 18.9 Å². The number of aryl methyl sites for hydroxylation is 1. The van der Waals surface area contributed by atoms with Gasteiger partial charge in [0.05, 0.1) is 13.2 Å². The van der Waals surface area contributed by atoms with E-state index in [0.717, 1.165) is 17.7 Å². The second-order valence-corrected chi connectivity index (χ2v) is 5.33. The highest BCUT2D eigenvalue weighted by Crippen LogP contribution is 2.20. The summed E-state index contributed by atoms with van der Waals surface area (Å²) in [6.07, 6.45) is 0. The van der Waals surface area contributed by atoms with Crippen LogP contribution in [0, 0.1) is 12.8 Å². The van der Waals surface area contributed by atoms with Crippen molar-refractivity contribution in [1.82, 2.24) is 20.2 Å². The van der Waals surface area contributed by atoms with Gasteiger partial charge in [0.2, 0.25) is 0 Å². The Hall–Kier alpha value is -1.95. The number of aromatic nitrogens is 4. The second-order valence-electron chi connectivity index (χ2n) is 5.33. The number of ether oxygens (including phenoxy) is 1. The quantitative estimate of drug-likeness (QED) is 0.643. The van der Waals surface area contributed by atoms with E-state index < -0.39 is 0 Å². The molecule has 2 N–H and O–H groups in total. The Labute approximate surface area is 118 Å². The maximum Gasteiger partial charge on any atom is 0.182 e. The van der Waals surface area contributed by atoms with Crippen molar-refractivity contribution in [2.24, 2.45) is 5.92 Å². The number of hydrogen-bond acceptors (Lipinski definition) is 5. The molecule has 0 atom stereocenters. The molecule has 20 heavy (non-hydrogen) atoms. The Balaban J connectivity index is 2.08. The van der Waals surface area contributed by atoms with Crippen LogP contribution < -0.4 is 5.73 Å². The monoisotopic (exact) mass is 275 g/mol. The largest absolute Gasteiger partial charge is 0.399 e. The van der Waals surface area contributed by atoms with E-state index in [4.69, 9.17) is 10.5 Å². The number of tetrazole rings is 1. The molecule has 1 aromatic heterocycles. The highest BCUT2D eigenvalue weighted by Gasteiger charge is 2.10. The van der Waals surface area contributed by atoms with Crippen LogP contribution in [0.1, 0.15) is 19.4 Å². The molecule has 0 aliphatic heterocycles. The van der Waals surface area contributed by atoms with Crippen LogP contribution in [0.25, 0.3) is 11.4 Å². The fourth-order valence-electron chi connectivity index (χ4n) is 1.97. The van der Waals surface area contributed by atoms with Crippen LogP contribution in [0.3, 0.4) is 0 Å². The molecule has 0 unspecified atom stereocenters. The normalized spacial score (nSPS) is 11.2. The lowest BCUT2D eigenvalue weighted by atomic mass is 10.1. The van der Waals surface area contributed by atoms with E-state index in [2.05, 4.69) is 29.4 Å². The minimum Gasteiger partial charge on any atom is -0.399 e. The summed E-state index contributed by atoms with van der Waals surface area (Å²) in [4.78, 5) is 0. The van der Waals surface area contributed by atoms with Crippen molar-refractivity contribution in [3.63, 3.8) is 0 Å². The Morgan fingerprint density at radius 1 is 1.30 bits per heavy atom. The van der Waals surface area contributed by atoms with Crippen LogP contribution in [-0.2, 0) is 11.3 Å². The van der Waals surface area contributed by atoms with Crippen LogP contribution >= 0.6 is 0 Å². The van der Waals surface area contributed by atoms with Gasteiger partial charge in [0.15, 0.2) is 5.82 Å². The molecule has 0 radical (unpaired) electrons. The Morgan fingerprint density at radius 2 is 2.10 bits per heavy atom. The zero-order chi connectivity index (χ0) is 14.5. The molecule has 0 amide bonds. The first kappa shape index (κ1) is 14.5. The van der Waals surface area contributed by atoms with Gasteiger partial charge < -0.3 is 10.5 Å². The summed E-state index contributed by atoms with van der Waals surface area (Å²) in [6.45, 7) is 8.21. The van der Waals surface area contributed by atoms with Crippen molar-refractivity contribution in [3.8, 4) is 11.4 Å². The number of anilines is 1. The molecular formula is C14H21N5O. The minimum absolute atomic E-state index is 0.528. The third-order valence-electron chi connectivity index (χ3n) is 2.79. The lowest BCUT2D eigenvalue weighted by Gasteiger charge is -2.08. The molecule has 1 heterocycles. The maximum atomic E-state index is 5.87. The number of nitrogens with zero attached hydrogens (tertiary/aromatic N) is 4. The van der Waals surface area contributed by atoms with Crippen molar-refractivity contribution in [2.45, 2.75) is 27.3 Å². The van der Waals surface area contributed by atoms with Crippen LogP contribution in [-0.4, -0.2) is 33.4 Å². The van der Waals surface area contributed by atoms with Crippen molar-refractivity contribution >= 4 is 5.69 Å². The number of nitrogens with two attached hydrogens (primary N) is 1. The Morgan fingerprint density at radius 3 is 2.80 bits per heavy atom. The van der Waals surface area contributed by atoms with Gasteiger partial charge in [0.1, 0.15) is 0 Å². The molecule has 0 fully saturated rings. The standard InChI is InChI=1S/C14H21N5O/c1-10(2)9-20-5-4-19-14(16-17-18-19)12-6-11(3)7-13(15)8-12/h6-8,10H,4-5,9,15H2,1-3H3. The Kier molecular flexibility index (Phi) is 4.68. The molecule has 6 nitrogen and oxygen atoms in total. The summed E-state index contributed by atoms with van der Waals surface area (Å²) in [7, 11) is 0. The summed E-state index contributed by atoms with van der Waals surface area (Å²) < 4.78 is 7.31.